The van der Waals surface area contributed by atoms with Crippen molar-refractivity contribution in [3.05, 3.63) is 29.6 Å². The van der Waals surface area contributed by atoms with E-state index in [0.717, 1.165) is 6.42 Å². The zero-order valence-corrected chi connectivity index (χ0v) is 16.3. The summed E-state index contributed by atoms with van der Waals surface area (Å²) in [6.07, 6.45) is 2.13. The molecular formula is C20H29FN2O4. The summed E-state index contributed by atoms with van der Waals surface area (Å²) < 4.78 is 24.5. The molecular weight excluding hydrogens is 351 g/mol. The van der Waals surface area contributed by atoms with Crippen LogP contribution < -0.4 is 10.1 Å². The van der Waals surface area contributed by atoms with Gasteiger partial charge >= 0.3 is 0 Å². The van der Waals surface area contributed by atoms with Crippen LogP contribution in [-0.2, 0) is 9.53 Å². The Labute approximate surface area is 160 Å². The Hall–Kier alpha value is -2.15. The SMILES string of the molecule is COc1ccc(C(=O)N2CCC(C(=O)NCCCOC(C)C)CC2)c(F)c1. The van der Waals surface area contributed by atoms with Crippen LogP contribution in [0.5, 0.6) is 5.75 Å². The zero-order chi connectivity index (χ0) is 19.8. The number of hydrogen-bond donors (Lipinski definition) is 1. The molecule has 0 bridgehead atoms. The van der Waals surface area contributed by atoms with Crippen LogP contribution >= 0.6 is 0 Å². The summed E-state index contributed by atoms with van der Waals surface area (Å²) >= 11 is 0. The Morgan fingerprint density at radius 3 is 2.59 bits per heavy atom. The van der Waals surface area contributed by atoms with Crippen molar-refractivity contribution < 1.29 is 23.5 Å². The van der Waals surface area contributed by atoms with Crippen LogP contribution in [0.4, 0.5) is 4.39 Å². The first kappa shape index (κ1) is 21.2. The first-order valence-electron chi connectivity index (χ1n) is 9.44. The predicted molar refractivity (Wildman–Crippen MR) is 100 cm³/mol. The zero-order valence-electron chi connectivity index (χ0n) is 16.3. The van der Waals surface area contributed by atoms with Crippen molar-refractivity contribution in [1.82, 2.24) is 10.2 Å². The van der Waals surface area contributed by atoms with Crippen LogP contribution in [-0.4, -0.2) is 56.2 Å². The number of piperidine rings is 1. The molecule has 1 saturated heterocycles. The van der Waals surface area contributed by atoms with Crippen molar-refractivity contribution in [2.24, 2.45) is 5.92 Å². The number of rotatable bonds is 8. The lowest BCUT2D eigenvalue weighted by Gasteiger charge is -2.31. The van der Waals surface area contributed by atoms with Crippen molar-refractivity contribution in [2.75, 3.05) is 33.4 Å². The first-order valence-corrected chi connectivity index (χ1v) is 9.44. The molecule has 150 valence electrons. The van der Waals surface area contributed by atoms with E-state index in [2.05, 4.69) is 5.32 Å². The number of amides is 2. The number of carbonyl (C=O) groups excluding carboxylic acids is 2. The van der Waals surface area contributed by atoms with Gasteiger partial charge in [0.1, 0.15) is 11.6 Å². The standard InChI is InChI=1S/C20H29FN2O4/c1-14(2)27-12-4-9-22-19(24)15-7-10-23(11-8-15)20(25)17-6-5-16(26-3)13-18(17)21/h5-6,13-15H,4,7-12H2,1-3H3,(H,22,24). The normalized spacial score (nSPS) is 15.1. The predicted octanol–water partition coefficient (Wildman–Crippen LogP) is 2.62. The summed E-state index contributed by atoms with van der Waals surface area (Å²) in [6.45, 7) is 6.05. The van der Waals surface area contributed by atoms with Gasteiger partial charge in [-0.3, -0.25) is 9.59 Å². The van der Waals surface area contributed by atoms with Gasteiger partial charge in [-0.15, -0.1) is 0 Å². The monoisotopic (exact) mass is 380 g/mol. The van der Waals surface area contributed by atoms with Crippen LogP contribution in [0.1, 0.15) is 43.5 Å². The van der Waals surface area contributed by atoms with Crippen LogP contribution in [0, 0.1) is 11.7 Å². The van der Waals surface area contributed by atoms with Gasteiger partial charge < -0.3 is 19.7 Å². The van der Waals surface area contributed by atoms with E-state index in [1.165, 1.54) is 19.2 Å². The van der Waals surface area contributed by atoms with Crippen LogP contribution in [0.2, 0.25) is 0 Å². The lowest BCUT2D eigenvalue weighted by Crippen LogP contribution is -2.43. The van der Waals surface area contributed by atoms with Gasteiger partial charge in [-0.2, -0.15) is 0 Å². The maximum Gasteiger partial charge on any atom is 0.256 e. The second-order valence-electron chi connectivity index (χ2n) is 6.98. The van der Waals surface area contributed by atoms with E-state index in [4.69, 9.17) is 9.47 Å². The number of benzene rings is 1. The Kier molecular flexibility index (Phi) is 8.03. The molecule has 0 aliphatic carbocycles. The fourth-order valence-corrected chi connectivity index (χ4v) is 3.06. The average molecular weight is 380 g/mol. The van der Waals surface area contributed by atoms with E-state index in [0.29, 0.717) is 44.8 Å². The van der Waals surface area contributed by atoms with Crippen molar-refractivity contribution in [3.8, 4) is 5.75 Å². The van der Waals surface area contributed by atoms with E-state index < -0.39 is 5.82 Å². The summed E-state index contributed by atoms with van der Waals surface area (Å²) in [5.74, 6) is -0.663. The third kappa shape index (κ3) is 6.20. The van der Waals surface area contributed by atoms with Crippen molar-refractivity contribution >= 4 is 11.8 Å². The molecule has 2 amide bonds. The van der Waals surface area contributed by atoms with Gasteiger partial charge in [0.2, 0.25) is 5.91 Å². The van der Waals surface area contributed by atoms with E-state index in [-0.39, 0.29) is 29.4 Å². The fraction of sp³-hybridized carbons (Fsp3) is 0.600. The largest absolute Gasteiger partial charge is 0.497 e. The highest BCUT2D eigenvalue weighted by atomic mass is 19.1. The maximum absolute atomic E-state index is 14.1. The summed E-state index contributed by atoms with van der Waals surface area (Å²) in [5.41, 5.74) is 0.0313. The number of nitrogens with zero attached hydrogens (tertiary/aromatic N) is 1. The van der Waals surface area contributed by atoms with Crippen LogP contribution in [0.15, 0.2) is 18.2 Å². The van der Waals surface area contributed by atoms with E-state index in [1.54, 1.807) is 11.0 Å². The van der Waals surface area contributed by atoms with Crippen molar-refractivity contribution in [2.45, 2.75) is 39.2 Å². The third-order valence-corrected chi connectivity index (χ3v) is 4.63. The Morgan fingerprint density at radius 2 is 2.00 bits per heavy atom. The molecule has 0 saturated carbocycles. The summed E-state index contributed by atoms with van der Waals surface area (Å²) in [5, 5.41) is 2.93. The molecule has 1 aromatic carbocycles. The molecule has 1 aromatic rings. The molecule has 6 nitrogen and oxygen atoms in total. The first-order chi connectivity index (χ1) is 12.9. The average Bonchev–Trinajstić information content (AvgIpc) is 2.66. The fourth-order valence-electron chi connectivity index (χ4n) is 3.06. The molecule has 7 heteroatoms. The molecule has 0 unspecified atom stereocenters. The molecule has 0 aromatic heterocycles. The molecule has 1 fully saturated rings. The smallest absolute Gasteiger partial charge is 0.256 e. The topological polar surface area (TPSA) is 67.9 Å². The van der Waals surface area contributed by atoms with Gasteiger partial charge in [0, 0.05) is 38.2 Å². The van der Waals surface area contributed by atoms with Gasteiger partial charge in [-0.25, -0.2) is 4.39 Å². The molecule has 0 spiro atoms. The lowest BCUT2D eigenvalue weighted by molar-refractivity contribution is -0.126. The summed E-state index contributed by atoms with van der Waals surface area (Å²) in [4.78, 5) is 26.4. The summed E-state index contributed by atoms with van der Waals surface area (Å²) in [6, 6.07) is 4.21. The Bertz CT molecular complexity index is 643. The Balaban J connectivity index is 1.77. The van der Waals surface area contributed by atoms with Gasteiger partial charge in [-0.1, -0.05) is 0 Å². The molecule has 1 aliphatic rings. The number of halogens is 1. The van der Waals surface area contributed by atoms with Crippen molar-refractivity contribution in [1.29, 1.82) is 0 Å². The highest BCUT2D eigenvalue weighted by molar-refractivity contribution is 5.94. The van der Waals surface area contributed by atoms with E-state index >= 15 is 0 Å². The minimum atomic E-state index is -0.595. The van der Waals surface area contributed by atoms with Crippen LogP contribution in [0.3, 0.4) is 0 Å². The maximum atomic E-state index is 14.1. The number of methoxy groups -OCH3 is 1. The molecule has 27 heavy (non-hydrogen) atoms. The minimum absolute atomic E-state index is 0.0160. The van der Waals surface area contributed by atoms with Gasteiger partial charge in [0.05, 0.1) is 18.8 Å². The molecule has 1 heterocycles. The van der Waals surface area contributed by atoms with E-state index in [9.17, 15) is 14.0 Å². The Morgan fingerprint density at radius 1 is 1.30 bits per heavy atom. The van der Waals surface area contributed by atoms with Gasteiger partial charge in [0.25, 0.3) is 5.91 Å². The second-order valence-corrected chi connectivity index (χ2v) is 6.98. The second kappa shape index (κ2) is 10.3. The number of nitrogens with one attached hydrogen (secondary N) is 1. The number of ether oxygens (including phenoxy) is 2. The van der Waals surface area contributed by atoms with E-state index in [1.807, 2.05) is 13.8 Å². The number of carbonyl (C=O) groups is 2. The van der Waals surface area contributed by atoms with Crippen molar-refractivity contribution in [3.63, 3.8) is 0 Å². The molecule has 1 N–H and O–H groups in total. The van der Waals surface area contributed by atoms with Gasteiger partial charge in [-0.05, 0) is 45.2 Å². The highest BCUT2D eigenvalue weighted by Gasteiger charge is 2.28. The highest BCUT2D eigenvalue weighted by Crippen LogP contribution is 2.22. The minimum Gasteiger partial charge on any atom is -0.497 e. The molecule has 1 aliphatic heterocycles. The number of hydrogen-bond acceptors (Lipinski definition) is 4. The molecule has 0 atom stereocenters. The molecule has 2 rings (SSSR count). The quantitative estimate of drug-likeness (QED) is 0.704. The van der Waals surface area contributed by atoms with Crippen LogP contribution in [0.25, 0.3) is 0 Å². The summed E-state index contributed by atoms with van der Waals surface area (Å²) in [7, 11) is 1.45. The van der Waals surface area contributed by atoms with Gasteiger partial charge in [0.15, 0.2) is 0 Å². The molecule has 0 radical (unpaired) electrons. The lowest BCUT2D eigenvalue weighted by atomic mass is 9.95. The number of likely N-dealkylation sites (tertiary alicyclic amines) is 1. The third-order valence-electron chi connectivity index (χ3n) is 4.63.